The number of anilines is 4. The van der Waals surface area contributed by atoms with Crippen LogP contribution in [0.3, 0.4) is 0 Å². The SMILES string of the molecule is C[C@@H]1CCN1c1ncc(C2CCOC2)c2cc(Nc3ccnc(N4CCC(O)C(F)C4)n3)ncc12. The maximum absolute atomic E-state index is 14.0. The smallest absolute Gasteiger partial charge is 0.227 e. The van der Waals surface area contributed by atoms with Gasteiger partial charge in [-0.1, -0.05) is 0 Å². The molecule has 4 atom stereocenters. The summed E-state index contributed by atoms with van der Waals surface area (Å²) in [5.74, 6) is 3.00. The summed E-state index contributed by atoms with van der Waals surface area (Å²) in [7, 11) is 0. The van der Waals surface area contributed by atoms with Crippen LogP contribution in [0.15, 0.2) is 30.7 Å². The van der Waals surface area contributed by atoms with Crippen molar-refractivity contribution in [2.45, 2.75) is 50.4 Å². The third-order valence-corrected chi connectivity index (χ3v) is 7.43. The quantitative estimate of drug-likeness (QED) is 0.572. The van der Waals surface area contributed by atoms with Gasteiger partial charge in [-0.05, 0) is 49.3 Å². The normalized spacial score (nSPS) is 26.7. The summed E-state index contributed by atoms with van der Waals surface area (Å²) >= 11 is 0. The molecular formula is C25H30FN7O2. The molecule has 0 amide bonds. The van der Waals surface area contributed by atoms with E-state index in [-0.39, 0.29) is 6.54 Å². The van der Waals surface area contributed by atoms with E-state index in [4.69, 9.17) is 9.72 Å². The number of piperidine rings is 1. The Bertz CT molecular complexity index is 1220. The van der Waals surface area contributed by atoms with Crippen molar-refractivity contribution in [2.24, 2.45) is 0 Å². The van der Waals surface area contributed by atoms with Gasteiger partial charge in [0, 0.05) is 55.6 Å². The highest BCUT2D eigenvalue weighted by Crippen LogP contribution is 2.37. The lowest BCUT2D eigenvalue weighted by Crippen LogP contribution is -2.46. The number of aliphatic hydroxyl groups is 1. The molecule has 3 aliphatic rings. The molecule has 3 aromatic heterocycles. The van der Waals surface area contributed by atoms with Gasteiger partial charge in [-0.2, -0.15) is 4.98 Å². The Morgan fingerprint density at radius 3 is 2.74 bits per heavy atom. The third-order valence-electron chi connectivity index (χ3n) is 7.43. The van der Waals surface area contributed by atoms with Gasteiger partial charge in [0.25, 0.3) is 0 Å². The molecule has 0 aromatic carbocycles. The van der Waals surface area contributed by atoms with Crippen LogP contribution in [-0.4, -0.2) is 76.2 Å². The highest BCUT2D eigenvalue weighted by atomic mass is 19.1. The first-order valence-electron chi connectivity index (χ1n) is 12.4. The van der Waals surface area contributed by atoms with E-state index in [0.29, 0.717) is 49.1 Å². The summed E-state index contributed by atoms with van der Waals surface area (Å²) in [5.41, 5.74) is 1.18. The van der Waals surface area contributed by atoms with E-state index in [9.17, 15) is 9.50 Å². The van der Waals surface area contributed by atoms with E-state index >= 15 is 0 Å². The molecule has 2 N–H and O–H groups in total. The predicted molar refractivity (Wildman–Crippen MR) is 132 cm³/mol. The van der Waals surface area contributed by atoms with Crippen LogP contribution in [0, 0.1) is 0 Å². The van der Waals surface area contributed by atoms with Crippen molar-refractivity contribution in [2.75, 3.05) is 48.0 Å². The topological polar surface area (TPSA) is 99.5 Å². The molecule has 6 rings (SSSR count). The Labute approximate surface area is 203 Å². The first kappa shape index (κ1) is 22.4. The molecule has 3 saturated heterocycles. The van der Waals surface area contributed by atoms with Crippen LogP contribution in [0.25, 0.3) is 10.8 Å². The van der Waals surface area contributed by atoms with Crippen LogP contribution >= 0.6 is 0 Å². The fraction of sp³-hybridized carbons (Fsp3) is 0.520. The molecule has 0 spiro atoms. The predicted octanol–water partition coefficient (Wildman–Crippen LogP) is 3.18. The maximum atomic E-state index is 14.0. The number of hydrogen-bond acceptors (Lipinski definition) is 9. The van der Waals surface area contributed by atoms with E-state index in [1.165, 1.54) is 12.0 Å². The van der Waals surface area contributed by atoms with Crippen LogP contribution in [0.5, 0.6) is 0 Å². The van der Waals surface area contributed by atoms with Crippen LogP contribution < -0.4 is 15.1 Å². The van der Waals surface area contributed by atoms with Crippen molar-refractivity contribution >= 4 is 34.2 Å². The lowest BCUT2D eigenvalue weighted by Gasteiger charge is -2.40. The van der Waals surface area contributed by atoms with Crippen LogP contribution in [0.1, 0.15) is 37.7 Å². The second kappa shape index (κ2) is 9.16. The first-order chi connectivity index (χ1) is 17.1. The molecule has 3 unspecified atom stereocenters. The van der Waals surface area contributed by atoms with Gasteiger partial charge < -0.3 is 25.0 Å². The second-order valence-electron chi connectivity index (χ2n) is 9.73. The third kappa shape index (κ3) is 4.25. The Hall–Kier alpha value is -3.11. The number of ether oxygens (including phenoxy) is 1. The second-order valence-corrected chi connectivity index (χ2v) is 9.73. The van der Waals surface area contributed by atoms with E-state index < -0.39 is 12.3 Å². The zero-order valence-corrected chi connectivity index (χ0v) is 19.8. The number of rotatable bonds is 5. The summed E-state index contributed by atoms with van der Waals surface area (Å²) in [6, 6.07) is 4.31. The van der Waals surface area contributed by atoms with E-state index in [0.717, 1.165) is 36.2 Å². The minimum absolute atomic E-state index is 0.0797. The van der Waals surface area contributed by atoms with Crippen molar-refractivity contribution in [3.8, 4) is 0 Å². The van der Waals surface area contributed by atoms with Crippen molar-refractivity contribution in [3.63, 3.8) is 0 Å². The Kier molecular flexibility index (Phi) is 5.85. The molecule has 35 heavy (non-hydrogen) atoms. The monoisotopic (exact) mass is 479 g/mol. The number of aliphatic hydroxyl groups excluding tert-OH is 1. The lowest BCUT2D eigenvalue weighted by molar-refractivity contribution is 0.0612. The van der Waals surface area contributed by atoms with Gasteiger partial charge in [0.1, 0.15) is 23.6 Å². The van der Waals surface area contributed by atoms with Gasteiger partial charge in [-0.3, -0.25) is 0 Å². The van der Waals surface area contributed by atoms with Gasteiger partial charge in [-0.15, -0.1) is 0 Å². The summed E-state index contributed by atoms with van der Waals surface area (Å²) in [6.07, 6.45) is 5.83. The standard InChI is InChI=1S/C25H30FN7O2/c1-15-3-8-33(15)24-19-12-28-23(10-17(19)18(11-29-24)16-5-9-35-14-16)30-22-2-6-27-25(31-22)32-7-4-21(34)20(26)13-32/h2,6,10-12,15-16,20-21,34H,3-5,7-9,13-14H2,1H3,(H,27,28,30,31)/t15-,16?,20?,21?/m1/s1. The van der Waals surface area contributed by atoms with E-state index in [2.05, 4.69) is 38.2 Å². The summed E-state index contributed by atoms with van der Waals surface area (Å²) in [6.45, 7) is 5.29. The molecule has 184 valence electrons. The number of nitrogens with zero attached hydrogens (tertiary/aromatic N) is 6. The fourth-order valence-corrected chi connectivity index (χ4v) is 5.15. The first-order valence-corrected chi connectivity index (χ1v) is 12.4. The molecule has 3 fully saturated rings. The Morgan fingerprint density at radius 2 is 2.00 bits per heavy atom. The van der Waals surface area contributed by atoms with Gasteiger partial charge in [-0.25, -0.2) is 19.3 Å². The number of pyridine rings is 2. The molecule has 10 heteroatoms. The number of aromatic nitrogens is 4. The van der Waals surface area contributed by atoms with E-state index in [1.807, 2.05) is 12.4 Å². The largest absolute Gasteiger partial charge is 0.390 e. The van der Waals surface area contributed by atoms with E-state index in [1.54, 1.807) is 17.2 Å². The van der Waals surface area contributed by atoms with Gasteiger partial charge in [0.05, 0.1) is 19.3 Å². The zero-order chi connectivity index (χ0) is 23.9. The van der Waals surface area contributed by atoms with Crippen LogP contribution in [-0.2, 0) is 4.74 Å². The van der Waals surface area contributed by atoms with Gasteiger partial charge >= 0.3 is 0 Å². The molecule has 3 aliphatic heterocycles. The highest BCUT2D eigenvalue weighted by Gasteiger charge is 2.30. The number of alkyl halides is 1. The summed E-state index contributed by atoms with van der Waals surface area (Å²) in [5, 5.41) is 15.2. The van der Waals surface area contributed by atoms with Gasteiger partial charge in [0.2, 0.25) is 5.95 Å². The molecule has 3 aromatic rings. The molecular weight excluding hydrogens is 449 g/mol. The lowest BCUT2D eigenvalue weighted by atomic mass is 9.94. The minimum Gasteiger partial charge on any atom is -0.390 e. The molecule has 0 saturated carbocycles. The number of hydrogen-bond donors (Lipinski definition) is 2. The molecule has 9 nitrogen and oxygen atoms in total. The van der Waals surface area contributed by atoms with Gasteiger partial charge in [0.15, 0.2) is 0 Å². The molecule has 0 bridgehead atoms. The molecule has 0 radical (unpaired) electrons. The molecule has 6 heterocycles. The van der Waals surface area contributed by atoms with Crippen LogP contribution in [0.4, 0.5) is 27.8 Å². The number of fused-ring (bicyclic) bond motifs is 1. The highest BCUT2D eigenvalue weighted by molar-refractivity contribution is 5.96. The summed E-state index contributed by atoms with van der Waals surface area (Å²) < 4.78 is 19.7. The average Bonchev–Trinajstić information content (AvgIpc) is 3.40. The van der Waals surface area contributed by atoms with Crippen molar-refractivity contribution in [3.05, 3.63) is 36.3 Å². The average molecular weight is 480 g/mol. The minimum atomic E-state index is -1.30. The zero-order valence-electron chi connectivity index (χ0n) is 19.8. The molecule has 0 aliphatic carbocycles. The van der Waals surface area contributed by atoms with Crippen molar-refractivity contribution in [1.29, 1.82) is 0 Å². The maximum Gasteiger partial charge on any atom is 0.227 e. The summed E-state index contributed by atoms with van der Waals surface area (Å²) in [4.78, 5) is 22.5. The van der Waals surface area contributed by atoms with Crippen molar-refractivity contribution in [1.82, 2.24) is 19.9 Å². The van der Waals surface area contributed by atoms with Crippen molar-refractivity contribution < 1.29 is 14.2 Å². The number of nitrogens with one attached hydrogen (secondary N) is 1. The Balaban J connectivity index is 1.31. The number of halogens is 1. The fourth-order valence-electron chi connectivity index (χ4n) is 5.15. The Morgan fingerprint density at radius 1 is 1.09 bits per heavy atom. The van der Waals surface area contributed by atoms with Crippen LogP contribution in [0.2, 0.25) is 0 Å².